The molecular weight excluding hydrogens is 638 g/mol. The van der Waals surface area contributed by atoms with Gasteiger partial charge in [-0.15, -0.1) is 0 Å². The highest BCUT2D eigenvalue weighted by molar-refractivity contribution is 9.10. The summed E-state index contributed by atoms with van der Waals surface area (Å²) in [5.41, 5.74) is -1.27. The van der Waals surface area contributed by atoms with Crippen LogP contribution in [0.15, 0.2) is 76.2 Å². The van der Waals surface area contributed by atoms with Crippen molar-refractivity contribution < 1.29 is 37.7 Å². The SMILES string of the molecule is CC(C)(C)OC(=O)CC[C@@]1(C(=O)NCc2cc(F)ccc2F)N=C(c2ccc(OCCCO)cc2)O[C@@H]1c1ccc(Br)cc1. The van der Waals surface area contributed by atoms with Crippen LogP contribution in [-0.2, 0) is 25.6 Å². The predicted octanol–water partition coefficient (Wildman–Crippen LogP) is 6.18. The zero-order chi connectivity index (χ0) is 31.9. The first-order valence-corrected chi connectivity index (χ1v) is 15.0. The first-order chi connectivity index (χ1) is 20.9. The number of halogens is 3. The zero-order valence-electron chi connectivity index (χ0n) is 24.7. The van der Waals surface area contributed by atoms with Crippen LogP contribution in [-0.4, -0.2) is 47.2 Å². The molecule has 0 bridgehead atoms. The van der Waals surface area contributed by atoms with Crippen LogP contribution in [0.25, 0.3) is 0 Å². The Bertz CT molecular complexity index is 1490. The second-order valence-electron chi connectivity index (χ2n) is 11.3. The van der Waals surface area contributed by atoms with Crippen molar-refractivity contribution in [2.45, 2.75) is 63.8 Å². The number of rotatable bonds is 12. The number of amides is 1. The van der Waals surface area contributed by atoms with Gasteiger partial charge < -0.3 is 24.6 Å². The summed E-state index contributed by atoms with van der Waals surface area (Å²) >= 11 is 3.43. The normalized spacial score (nSPS) is 17.9. The fourth-order valence-corrected chi connectivity index (χ4v) is 4.96. The predicted molar refractivity (Wildman–Crippen MR) is 164 cm³/mol. The average Bonchev–Trinajstić information content (AvgIpc) is 3.37. The number of hydrogen-bond donors (Lipinski definition) is 2. The summed E-state index contributed by atoms with van der Waals surface area (Å²) < 4.78 is 46.6. The number of carbonyl (C=O) groups is 2. The molecule has 0 radical (unpaired) electrons. The lowest BCUT2D eigenvalue weighted by Gasteiger charge is -2.31. The average molecular weight is 674 g/mol. The highest BCUT2D eigenvalue weighted by Crippen LogP contribution is 2.43. The summed E-state index contributed by atoms with van der Waals surface area (Å²) in [6.45, 7) is 5.29. The van der Waals surface area contributed by atoms with Gasteiger partial charge in [-0.05, 0) is 87.4 Å². The number of nitrogens with one attached hydrogen (secondary N) is 1. The van der Waals surface area contributed by atoms with Crippen molar-refractivity contribution in [2.75, 3.05) is 13.2 Å². The van der Waals surface area contributed by atoms with Gasteiger partial charge >= 0.3 is 5.97 Å². The number of aliphatic hydroxyl groups is 1. The highest BCUT2D eigenvalue weighted by atomic mass is 79.9. The van der Waals surface area contributed by atoms with Crippen LogP contribution in [0.4, 0.5) is 8.78 Å². The van der Waals surface area contributed by atoms with Gasteiger partial charge in [-0.1, -0.05) is 28.1 Å². The number of esters is 1. The van der Waals surface area contributed by atoms with Crippen molar-refractivity contribution in [1.82, 2.24) is 5.32 Å². The van der Waals surface area contributed by atoms with Gasteiger partial charge in [0.25, 0.3) is 5.91 Å². The van der Waals surface area contributed by atoms with Crippen molar-refractivity contribution in [3.63, 3.8) is 0 Å². The van der Waals surface area contributed by atoms with E-state index < -0.39 is 40.8 Å². The number of benzene rings is 3. The summed E-state index contributed by atoms with van der Waals surface area (Å²) in [6.07, 6.45) is -0.734. The third-order valence-electron chi connectivity index (χ3n) is 6.78. The Morgan fingerprint density at radius 1 is 1.07 bits per heavy atom. The van der Waals surface area contributed by atoms with E-state index in [0.717, 1.165) is 22.7 Å². The molecule has 0 aromatic heterocycles. The van der Waals surface area contributed by atoms with Crippen molar-refractivity contribution in [1.29, 1.82) is 0 Å². The first-order valence-electron chi connectivity index (χ1n) is 14.2. The Morgan fingerprint density at radius 2 is 1.77 bits per heavy atom. The second-order valence-corrected chi connectivity index (χ2v) is 12.3. The topological polar surface area (TPSA) is 106 Å². The molecule has 0 unspecified atom stereocenters. The van der Waals surface area contributed by atoms with Crippen LogP contribution in [0.5, 0.6) is 5.75 Å². The van der Waals surface area contributed by atoms with Crippen molar-refractivity contribution >= 4 is 33.7 Å². The molecule has 1 aliphatic heterocycles. The maximum absolute atomic E-state index is 14.4. The summed E-state index contributed by atoms with van der Waals surface area (Å²) in [5, 5.41) is 11.7. The summed E-state index contributed by atoms with van der Waals surface area (Å²) in [6, 6.07) is 17.1. The molecule has 8 nitrogen and oxygen atoms in total. The van der Waals surface area contributed by atoms with E-state index in [1.54, 1.807) is 69.3 Å². The molecule has 3 aromatic rings. The van der Waals surface area contributed by atoms with Crippen molar-refractivity contribution in [3.8, 4) is 5.75 Å². The molecule has 2 N–H and O–H groups in total. The van der Waals surface area contributed by atoms with Crippen molar-refractivity contribution in [2.24, 2.45) is 4.99 Å². The molecule has 0 fully saturated rings. The van der Waals surface area contributed by atoms with E-state index in [-0.39, 0.29) is 37.5 Å². The Balaban J connectivity index is 1.73. The fraction of sp³-hybridized carbons (Fsp3) is 0.364. The molecule has 0 aliphatic carbocycles. The van der Waals surface area contributed by atoms with E-state index in [2.05, 4.69) is 21.2 Å². The number of carbonyl (C=O) groups excluding carboxylic acids is 2. The Morgan fingerprint density at radius 3 is 2.43 bits per heavy atom. The molecule has 1 heterocycles. The standard InChI is InChI=1S/C33H35BrF2N2O6/c1-32(2,3)44-28(40)15-16-33(31(41)37-20-23-19-25(35)11-14-27(23)36)29(21-5-9-24(34)10-6-21)43-30(38-33)22-7-12-26(13-8-22)42-18-4-17-39/h5-14,19,29,39H,4,15-18,20H2,1-3H3,(H,37,41)/t29-,33-/m1/s1. The fourth-order valence-electron chi connectivity index (χ4n) is 4.70. The van der Waals surface area contributed by atoms with E-state index >= 15 is 0 Å². The van der Waals surface area contributed by atoms with Gasteiger partial charge in [0.15, 0.2) is 11.6 Å². The molecule has 0 saturated carbocycles. The lowest BCUT2D eigenvalue weighted by atomic mass is 9.83. The smallest absolute Gasteiger partial charge is 0.306 e. The number of hydrogen-bond acceptors (Lipinski definition) is 7. The summed E-state index contributed by atoms with van der Waals surface area (Å²) in [4.78, 5) is 31.8. The minimum absolute atomic E-state index is 0.0134. The number of ether oxygens (including phenoxy) is 3. The van der Waals surface area contributed by atoms with Crippen LogP contribution < -0.4 is 10.1 Å². The van der Waals surface area contributed by atoms with Gasteiger partial charge in [0, 0.05) is 41.6 Å². The monoisotopic (exact) mass is 672 g/mol. The summed E-state index contributed by atoms with van der Waals surface area (Å²) in [5.74, 6) is -1.73. The van der Waals surface area contributed by atoms with E-state index in [0.29, 0.717) is 29.9 Å². The molecule has 234 valence electrons. The Hall–Kier alpha value is -3.83. The molecule has 44 heavy (non-hydrogen) atoms. The second kappa shape index (κ2) is 14.3. The highest BCUT2D eigenvalue weighted by Gasteiger charge is 2.53. The molecule has 11 heteroatoms. The lowest BCUT2D eigenvalue weighted by Crippen LogP contribution is -2.48. The van der Waals surface area contributed by atoms with Gasteiger partial charge in [-0.2, -0.15) is 0 Å². The molecule has 2 atom stereocenters. The van der Waals surface area contributed by atoms with Crippen LogP contribution in [0, 0.1) is 11.6 Å². The quantitative estimate of drug-likeness (QED) is 0.176. The molecule has 3 aromatic carbocycles. The lowest BCUT2D eigenvalue weighted by molar-refractivity contribution is -0.155. The summed E-state index contributed by atoms with van der Waals surface area (Å²) in [7, 11) is 0. The molecular formula is C33H35BrF2N2O6. The van der Waals surface area contributed by atoms with Crippen LogP contribution in [0.2, 0.25) is 0 Å². The third kappa shape index (κ3) is 8.41. The Labute approximate surface area is 263 Å². The minimum Gasteiger partial charge on any atom is -0.494 e. The minimum atomic E-state index is -1.67. The van der Waals surface area contributed by atoms with E-state index in [9.17, 15) is 18.4 Å². The number of aliphatic hydroxyl groups excluding tert-OH is 1. The zero-order valence-corrected chi connectivity index (χ0v) is 26.3. The maximum atomic E-state index is 14.4. The van der Waals surface area contributed by atoms with E-state index in [4.69, 9.17) is 24.3 Å². The van der Waals surface area contributed by atoms with Crippen molar-refractivity contribution in [3.05, 3.63) is 99.5 Å². The largest absolute Gasteiger partial charge is 0.494 e. The van der Waals surface area contributed by atoms with Crippen LogP contribution >= 0.6 is 15.9 Å². The molecule has 0 spiro atoms. The van der Waals surface area contributed by atoms with Crippen LogP contribution in [0.3, 0.4) is 0 Å². The molecule has 4 rings (SSSR count). The van der Waals surface area contributed by atoms with E-state index in [1.165, 1.54) is 0 Å². The number of aliphatic imine (C=N–C) groups is 1. The van der Waals surface area contributed by atoms with Crippen LogP contribution in [0.1, 0.15) is 62.8 Å². The number of nitrogens with zero attached hydrogens (tertiary/aromatic N) is 1. The van der Waals surface area contributed by atoms with Gasteiger partial charge in [-0.3, -0.25) is 9.59 Å². The Kier molecular flexibility index (Phi) is 10.7. The van der Waals surface area contributed by atoms with Gasteiger partial charge in [0.1, 0.15) is 23.0 Å². The maximum Gasteiger partial charge on any atom is 0.306 e. The molecule has 1 amide bonds. The van der Waals surface area contributed by atoms with Gasteiger partial charge in [0.05, 0.1) is 6.61 Å². The van der Waals surface area contributed by atoms with Gasteiger partial charge in [-0.25, -0.2) is 13.8 Å². The first kappa shape index (κ1) is 33.1. The molecule has 1 aliphatic rings. The van der Waals surface area contributed by atoms with Gasteiger partial charge in [0.2, 0.25) is 5.90 Å². The van der Waals surface area contributed by atoms with E-state index in [1.807, 2.05) is 0 Å². The molecule has 0 saturated heterocycles. The third-order valence-corrected chi connectivity index (χ3v) is 7.31.